The Morgan fingerprint density at radius 2 is 1.86 bits per heavy atom. The van der Waals surface area contributed by atoms with Crippen LogP contribution in [0.5, 0.6) is 0 Å². The number of benzene rings is 2. The molecular weight excluding hydrogens is 395 g/mol. The zero-order valence-electron chi connectivity index (χ0n) is 14.8. The molecule has 3 heterocycles. The van der Waals surface area contributed by atoms with Crippen molar-refractivity contribution < 1.29 is 23.9 Å². The summed E-state index contributed by atoms with van der Waals surface area (Å²) in [6.07, 6.45) is -0.182. The normalized spacial score (nSPS) is 19.5. The lowest BCUT2D eigenvalue weighted by atomic mass is 9.74. The van der Waals surface area contributed by atoms with Gasteiger partial charge in [0.25, 0.3) is 0 Å². The van der Waals surface area contributed by atoms with Crippen LogP contribution in [0.1, 0.15) is 26.5 Å². The number of fused-ring (bicyclic) bond motifs is 4. The predicted octanol–water partition coefficient (Wildman–Crippen LogP) is 3.83. The van der Waals surface area contributed by atoms with Crippen molar-refractivity contribution in [3.8, 4) is 11.1 Å². The first-order valence-corrected chi connectivity index (χ1v) is 9.61. The smallest absolute Gasteiger partial charge is 0.346 e. The molecule has 2 aliphatic heterocycles. The maximum absolute atomic E-state index is 13.7. The fourth-order valence-corrected chi connectivity index (χ4v) is 5.45. The van der Waals surface area contributed by atoms with E-state index in [2.05, 4.69) is 10.6 Å². The van der Waals surface area contributed by atoms with E-state index in [9.17, 15) is 23.9 Å². The zero-order chi connectivity index (χ0) is 20.3. The molecule has 0 aliphatic carbocycles. The number of halogens is 1. The van der Waals surface area contributed by atoms with Crippen LogP contribution in [0.15, 0.2) is 48.5 Å². The van der Waals surface area contributed by atoms with Crippen LogP contribution in [0, 0.1) is 5.82 Å². The third-order valence-electron chi connectivity index (χ3n) is 5.32. The molecule has 6 nitrogen and oxygen atoms in total. The van der Waals surface area contributed by atoms with Crippen LogP contribution in [0.3, 0.4) is 0 Å². The number of amides is 2. The Hall–Kier alpha value is -3.52. The molecule has 29 heavy (non-hydrogen) atoms. The molecule has 8 heteroatoms. The van der Waals surface area contributed by atoms with E-state index in [4.69, 9.17) is 0 Å². The Morgan fingerprint density at radius 3 is 2.59 bits per heavy atom. The second kappa shape index (κ2) is 5.99. The largest absolute Gasteiger partial charge is 0.477 e. The molecule has 5 rings (SSSR count). The number of anilines is 2. The minimum Gasteiger partial charge on any atom is -0.477 e. The molecule has 0 bridgehead atoms. The average Bonchev–Trinajstić information content (AvgIpc) is 3.19. The van der Waals surface area contributed by atoms with Gasteiger partial charge in [-0.2, -0.15) is 0 Å². The SMILES string of the molecule is O=C1C[C@]2(C(=O)Nc3cc(F)ccc32)c2sc(C(=O)O)c(-c3ccccc3)c2N1. The molecule has 2 aliphatic rings. The molecule has 0 fully saturated rings. The Bertz CT molecular complexity index is 1220. The number of carboxylic acids is 1. The van der Waals surface area contributed by atoms with Crippen LogP contribution in [-0.4, -0.2) is 22.9 Å². The van der Waals surface area contributed by atoms with E-state index in [1.165, 1.54) is 18.2 Å². The van der Waals surface area contributed by atoms with Crippen molar-refractivity contribution in [1.29, 1.82) is 0 Å². The minimum atomic E-state index is -1.39. The molecule has 3 aromatic rings. The number of carbonyl (C=O) groups excluding carboxylic acids is 2. The standard InChI is InChI=1S/C21H13FN2O4S/c22-11-6-7-12-13(8-11)23-20(28)21(12)9-14(25)24-16-15(10-4-2-1-3-5-10)17(19(26)27)29-18(16)21/h1-8H,9H2,(H,23,28)(H,24,25)(H,26,27)/t21-/m1/s1. The third kappa shape index (κ3) is 2.35. The second-order valence-corrected chi connectivity index (χ2v) is 7.98. The van der Waals surface area contributed by atoms with Crippen molar-refractivity contribution in [3.05, 3.63) is 69.7 Å². The van der Waals surface area contributed by atoms with Gasteiger partial charge in [0, 0.05) is 11.3 Å². The number of carboxylic acid groups (broad SMARTS) is 1. The van der Waals surface area contributed by atoms with Gasteiger partial charge in [0.1, 0.15) is 16.1 Å². The van der Waals surface area contributed by atoms with Gasteiger partial charge in [-0.3, -0.25) is 9.59 Å². The maximum Gasteiger partial charge on any atom is 0.346 e. The van der Waals surface area contributed by atoms with Crippen LogP contribution in [0.2, 0.25) is 0 Å². The highest BCUT2D eigenvalue weighted by Crippen LogP contribution is 2.56. The summed E-state index contributed by atoms with van der Waals surface area (Å²) in [6, 6.07) is 12.8. The van der Waals surface area contributed by atoms with E-state index in [0.717, 1.165) is 11.3 Å². The topological polar surface area (TPSA) is 95.5 Å². The minimum absolute atomic E-state index is 0.0335. The van der Waals surface area contributed by atoms with E-state index in [1.807, 2.05) is 0 Å². The van der Waals surface area contributed by atoms with Gasteiger partial charge in [-0.05, 0) is 23.3 Å². The summed E-state index contributed by atoms with van der Waals surface area (Å²) in [6.45, 7) is 0. The fourth-order valence-electron chi connectivity index (χ4n) is 4.13. The van der Waals surface area contributed by atoms with Gasteiger partial charge in [-0.15, -0.1) is 11.3 Å². The Kier molecular flexibility index (Phi) is 3.63. The van der Waals surface area contributed by atoms with Gasteiger partial charge in [0.2, 0.25) is 11.8 Å². The quantitative estimate of drug-likeness (QED) is 0.601. The van der Waals surface area contributed by atoms with E-state index in [0.29, 0.717) is 32.9 Å². The molecule has 1 atom stereocenters. The predicted molar refractivity (Wildman–Crippen MR) is 106 cm³/mol. The lowest BCUT2D eigenvalue weighted by molar-refractivity contribution is -0.125. The highest BCUT2D eigenvalue weighted by molar-refractivity contribution is 7.15. The van der Waals surface area contributed by atoms with Crippen molar-refractivity contribution >= 4 is 40.5 Å². The summed E-state index contributed by atoms with van der Waals surface area (Å²) in [5, 5.41) is 15.2. The summed E-state index contributed by atoms with van der Waals surface area (Å²) in [5.74, 6) is -2.53. The molecule has 1 spiro atoms. The average molecular weight is 408 g/mol. The van der Waals surface area contributed by atoms with Crippen molar-refractivity contribution in [2.24, 2.45) is 0 Å². The summed E-state index contributed by atoms with van der Waals surface area (Å²) in [7, 11) is 0. The molecule has 1 aromatic heterocycles. The molecule has 0 saturated heterocycles. The van der Waals surface area contributed by atoms with E-state index < -0.39 is 29.0 Å². The Morgan fingerprint density at radius 1 is 1.10 bits per heavy atom. The molecule has 0 unspecified atom stereocenters. The van der Waals surface area contributed by atoms with Gasteiger partial charge < -0.3 is 15.7 Å². The summed E-state index contributed by atoms with van der Waals surface area (Å²) < 4.78 is 13.7. The Balaban J connectivity index is 1.85. The van der Waals surface area contributed by atoms with Crippen LogP contribution in [0.25, 0.3) is 11.1 Å². The molecule has 2 amide bonds. The van der Waals surface area contributed by atoms with Gasteiger partial charge in [0.15, 0.2) is 0 Å². The summed E-state index contributed by atoms with van der Waals surface area (Å²) >= 11 is 0.966. The monoisotopic (exact) mass is 408 g/mol. The van der Waals surface area contributed by atoms with Crippen molar-refractivity contribution in [1.82, 2.24) is 0 Å². The molecular formula is C21H13FN2O4S. The highest BCUT2D eigenvalue weighted by atomic mass is 32.1. The first kappa shape index (κ1) is 17.6. The number of hydrogen-bond acceptors (Lipinski definition) is 4. The molecule has 2 aromatic carbocycles. The van der Waals surface area contributed by atoms with Crippen LogP contribution in [0.4, 0.5) is 15.8 Å². The molecule has 0 radical (unpaired) electrons. The molecule has 3 N–H and O–H groups in total. The fraction of sp³-hybridized carbons (Fsp3) is 0.0952. The van der Waals surface area contributed by atoms with Crippen LogP contribution >= 0.6 is 11.3 Å². The van der Waals surface area contributed by atoms with Crippen molar-refractivity contribution in [3.63, 3.8) is 0 Å². The van der Waals surface area contributed by atoms with E-state index in [1.54, 1.807) is 30.3 Å². The summed E-state index contributed by atoms with van der Waals surface area (Å²) in [4.78, 5) is 38.3. The summed E-state index contributed by atoms with van der Waals surface area (Å²) in [5.41, 5.74) is 0.691. The lowest BCUT2D eigenvalue weighted by Gasteiger charge is -2.31. The number of thiophene rings is 1. The highest BCUT2D eigenvalue weighted by Gasteiger charge is 2.55. The van der Waals surface area contributed by atoms with Crippen molar-refractivity contribution in [2.45, 2.75) is 11.8 Å². The number of aromatic carboxylic acids is 1. The second-order valence-electron chi connectivity index (χ2n) is 6.96. The van der Waals surface area contributed by atoms with Crippen molar-refractivity contribution in [2.75, 3.05) is 10.6 Å². The van der Waals surface area contributed by atoms with Crippen LogP contribution in [-0.2, 0) is 15.0 Å². The Labute approximate surface area is 168 Å². The number of nitrogens with one attached hydrogen (secondary N) is 2. The lowest BCUT2D eigenvalue weighted by Crippen LogP contribution is -2.42. The van der Waals surface area contributed by atoms with Gasteiger partial charge in [0.05, 0.1) is 17.0 Å². The first-order chi connectivity index (χ1) is 13.9. The van der Waals surface area contributed by atoms with Gasteiger partial charge in [-0.1, -0.05) is 36.4 Å². The van der Waals surface area contributed by atoms with E-state index in [-0.39, 0.29) is 11.3 Å². The number of hydrogen-bond donors (Lipinski definition) is 3. The van der Waals surface area contributed by atoms with E-state index >= 15 is 0 Å². The molecule has 144 valence electrons. The zero-order valence-corrected chi connectivity index (χ0v) is 15.6. The number of rotatable bonds is 2. The van der Waals surface area contributed by atoms with Crippen LogP contribution < -0.4 is 10.6 Å². The third-order valence-corrected chi connectivity index (χ3v) is 6.66. The van der Waals surface area contributed by atoms with Gasteiger partial charge in [-0.25, -0.2) is 9.18 Å². The molecule has 0 saturated carbocycles. The number of carbonyl (C=O) groups is 3. The maximum atomic E-state index is 13.7. The van der Waals surface area contributed by atoms with Gasteiger partial charge >= 0.3 is 5.97 Å². The first-order valence-electron chi connectivity index (χ1n) is 8.79.